The zero-order chi connectivity index (χ0) is 31.2. The molecule has 3 aromatic carbocycles. The number of nitrogens with zero attached hydrogens (tertiary/aromatic N) is 4. The molecule has 2 atom stereocenters. The summed E-state index contributed by atoms with van der Waals surface area (Å²) in [5.41, 5.74) is 0.450. The van der Waals surface area contributed by atoms with Gasteiger partial charge in [-0.05, 0) is 67.3 Å². The first-order valence-corrected chi connectivity index (χ1v) is 16.3. The van der Waals surface area contributed by atoms with E-state index in [1.165, 1.54) is 24.3 Å². The standard InChI is InChI=1S/C35H36F3N5O3/c36-27-6-1-20-11-23(44)12-26(28(20)30(27)38)24-4-5-25-31(29(24)37)40-33(41-32(25)43-13-21-2-3-22(14-43)39-21)46-19-34(7-8-34)15-42-16-35(17-42)9-10-45-18-35/h1,4-6,11-12,21-22,39,44H,2-3,7-10,13-19H2. The SMILES string of the molecule is Oc1cc(-c2ccc3c(N4CC5CCC(C4)N5)nc(OCC4(CN5CC6(CCOC6)C5)CC4)nc3c2F)c2c(F)c(F)ccc2c1. The Balaban J connectivity index is 1.08. The van der Waals surface area contributed by atoms with E-state index in [1.54, 1.807) is 6.07 Å². The minimum absolute atomic E-state index is 0.00940. The van der Waals surface area contributed by atoms with E-state index in [-0.39, 0.29) is 44.6 Å². The van der Waals surface area contributed by atoms with Crippen molar-refractivity contribution in [2.75, 3.05) is 57.4 Å². The van der Waals surface area contributed by atoms with Gasteiger partial charge in [-0.25, -0.2) is 13.2 Å². The molecular weight excluding hydrogens is 595 g/mol. The number of aromatic nitrogens is 2. The summed E-state index contributed by atoms with van der Waals surface area (Å²) in [5.74, 6) is -2.42. The van der Waals surface area contributed by atoms with E-state index in [1.807, 2.05) is 0 Å². The summed E-state index contributed by atoms with van der Waals surface area (Å²) >= 11 is 0. The molecule has 4 aromatic rings. The maximum atomic E-state index is 16.7. The molecule has 5 heterocycles. The highest BCUT2D eigenvalue weighted by molar-refractivity contribution is 6.01. The van der Waals surface area contributed by atoms with Crippen molar-refractivity contribution in [1.29, 1.82) is 0 Å². The van der Waals surface area contributed by atoms with Crippen LogP contribution < -0.4 is 15.0 Å². The van der Waals surface area contributed by atoms with Gasteiger partial charge in [0, 0.05) is 78.6 Å². The molecule has 2 unspecified atom stereocenters. The Bertz CT molecular complexity index is 1860. The van der Waals surface area contributed by atoms with Crippen LogP contribution in [0.15, 0.2) is 36.4 Å². The van der Waals surface area contributed by atoms with Gasteiger partial charge in [0.05, 0.1) is 13.2 Å². The number of benzene rings is 3. The monoisotopic (exact) mass is 631 g/mol. The number of hydrogen-bond donors (Lipinski definition) is 2. The van der Waals surface area contributed by atoms with Crippen molar-refractivity contribution in [3.8, 4) is 22.9 Å². The third kappa shape index (κ3) is 4.77. The molecule has 11 heteroatoms. The Kier molecular flexibility index (Phi) is 6.46. The molecule has 1 saturated carbocycles. The Labute approximate surface area is 264 Å². The summed E-state index contributed by atoms with van der Waals surface area (Å²) in [5, 5.41) is 14.8. The van der Waals surface area contributed by atoms with E-state index >= 15 is 8.78 Å². The highest BCUT2D eigenvalue weighted by Crippen LogP contribution is 2.50. The number of fused-ring (bicyclic) bond motifs is 4. The predicted octanol–water partition coefficient (Wildman–Crippen LogP) is 5.39. The summed E-state index contributed by atoms with van der Waals surface area (Å²) in [7, 11) is 0. The molecule has 4 aliphatic heterocycles. The van der Waals surface area contributed by atoms with E-state index in [2.05, 4.69) is 20.1 Å². The molecular formula is C35H36F3N5O3. The van der Waals surface area contributed by atoms with Crippen molar-refractivity contribution in [1.82, 2.24) is 20.2 Å². The second kappa shape index (κ2) is 10.4. The molecule has 9 rings (SSSR count). The van der Waals surface area contributed by atoms with Gasteiger partial charge >= 0.3 is 6.01 Å². The number of nitrogens with one attached hydrogen (secondary N) is 1. The quantitative estimate of drug-likeness (QED) is 0.281. The minimum Gasteiger partial charge on any atom is -0.508 e. The van der Waals surface area contributed by atoms with Crippen molar-refractivity contribution in [2.24, 2.45) is 10.8 Å². The molecule has 4 saturated heterocycles. The molecule has 0 radical (unpaired) electrons. The third-order valence-corrected chi connectivity index (χ3v) is 10.9. The lowest BCUT2D eigenvalue weighted by molar-refractivity contribution is -0.0239. The normalized spacial score (nSPS) is 24.6. The van der Waals surface area contributed by atoms with E-state index in [0.717, 1.165) is 84.1 Å². The Morgan fingerprint density at radius 3 is 2.50 bits per heavy atom. The highest BCUT2D eigenvalue weighted by Gasteiger charge is 2.52. The maximum Gasteiger partial charge on any atom is 0.319 e. The molecule has 46 heavy (non-hydrogen) atoms. The van der Waals surface area contributed by atoms with E-state index in [0.29, 0.717) is 35.3 Å². The predicted molar refractivity (Wildman–Crippen MR) is 168 cm³/mol. The number of anilines is 1. The number of piperazine rings is 1. The minimum atomic E-state index is -1.10. The van der Waals surface area contributed by atoms with Crippen LogP contribution in [0, 0.1) is 28.3 Å². The number of phenols is 1. The number of likely N-dealkylation sites (tertiary alicyclic amines) is 1. The third-order valence-electron chi connectivity index (χ3n) is 10.9. The van der Waals surface area contributed by atoms with Gasteiger partial charge in [0.15, 0.2) is 17.5 Å². The zero-order valence-corrected chi connectivity index (χ0v) is 25.5. The first-order valence-electron chi connectivity index (χ1n) is 16.3. The number of halogens is 3. The van der Waals surface area contributed by atoms with Crippen LogP contribution in [0.2, 0.25) is 0 Å². The summed E-state index contributed by atoms with van der Waals surface area (Å²) in [4.78, 5) is 14.2. The summed E-state index contributed by atoms with van der Waals surface area (Å²) in [6, 6.07) is 9.00. The Morgan fingerprint density at radius 1 is 0.957 bits per heavy atom. The van der Waals surface area contributed by atoms with Gasteiger partial charge in [0.1, 0.15) is 17.1 Å². The molecule has 1 aliphatic carbocycles. The Hall–Kier alpha value is -3.67. The van der Waals surface area contributed by atoms with Crippen LogP contribution in [0.25, 0.3) is 32.8 Å². The van der Waals surface area contributed by atoms with Crippen LogP contribution in [0.3, 0.4) is 0 Å². The lowest BCUT2D eigenvalue weighted by Gasteiger charge is -2.48. The number of phenolic OH excluding ortho intramolecular Hbond substituents is 1. The smallest absolute Gasteiger partial charge is 0.319 e. The van der Waals surface area contributed by atoms with Crippen LogP contribution >= 0.6 is 0 Å². The molecule has 1 spiro atoms. The highest BCUT2D eigenvalue weighted by atomic mass is 19.2. The van der Waals surface area contributed by atoms with Gasteiger partial charge in [-0.15, -0.1) is 0 Å². The lowest BCUT2D eigenvalue weighted by Crippen LogP contribution is -2.58. The fraction of sp³-hybridized carbons (Fsp3) is 0.486. The molecule has 1 aromatic heterocycles. The van der Waals surface area contributed by atoms with Gasteiger partial charge in [-0.2, -0.15) is 9.97 Å². The fourth-order valence-corrected chi connectivity index (χ4v) is 8.33. The van der Waals surface area contributed by atoms with Crippen molar-refractivity contribution in [3.05, 3.63) is 53.8 Å². The fourth-order valence-electron chi connectivity index (χ4n) is 8.33. The van der Waals surface area contributed by atoms with Gasteiger partial charge in [0.25, 0.3) is 0 Å². The molecule has 240 valence electrons. The van der Waals surface area contributed by atoms with Crippen molar-refractivity contribution in [2.45, 2.75) is 44.2 Å². The summed E-state index contributed by atoms with van der Waals surface area (Å²) in [6.45, 7) is 6.66. The summed E-state index contributed by atoms with van der Waals surface area (Å²) in [6.07, 6.45) is 5.39. The number of ether oxygens (including phenoxy) is 2. The summed E-state index contributed by atoms with van der Waals surface area (Å²) < 4.78 is 58.2. The number of aromatic hydroxyl groups is 1. The van der Waals surface area contributed by atoms with Gasteiger partial charge in [-0.1, -0.05) is 12.1 Å². The van der Waals surface area contributed by atoms with Crippen molar-refractivity contribution < 1.29 is 27.8 Å². The van der Waals surface area contributed by atoms with Crippen LogP contribution in [0.1, 0.15) is 32.1 Å². The second-order valence-electron chi connectivity index (χ2n) is 14.4. The largest absolute Gasteiger partial charge is 0.508 e. The molecule has 5 fully saturated rings. The average molecular weight is 632 g/mol. The lowest BCUT2D eigenvalue weighted by atomic mass is 9.78. The number of rotatable bonds is 7. The van der Waals surface area contributed by atoms with Crippen molar-refractivity contribution in [3.63, 3.8) is 0 Å². The van der Waals surface area contributed by atoms with Crippen LogP contribution in [-0.2, 0) is 4.74 Å². The topological polar surface area (TPSA) is 83.0 Å². The maximum absolute atomic E-state index is 16.7. The van der Waals surface area contributed by atoms with Gasteiger partial charge < -0.3 is 29.7 Å². The van der Waals surface area contributed by atoms with Crippen LogP contribution in [0.5, 0.6) is 11.8 Å². The van der Waals surface area contributed by atoms with Gasteiger partial charge in [-0.3, -0.25) is 0 Å². The first-order chi connectivity index (χ1) is 22.3. The first kappa shape index (κ1) is 28.5. The van der Waals surface area contributed by atoms with E-state index in [9.17, 15) is 9.50 Å². The number of hydrogen-bond acceptors (Lipinski definition) is 8. The average Bonchev–Trinajstić information content (AvgIpc) is 3.46. The molecule has 0 amide bonds. The molecule has 5 aliphatic rings. The van der Waals surface area contributed by atoms with E-state index < -0.39 is 17.5 Å². The molecule has 2 N–H and O–H groups in total. The zero-order valence-electron chi connectivity index (χ0n) is 25.5. The van der Waals surface area contributed by atoms with E-state index in [4.69, 9.17) is 14.5 Å². The molecule has 2 bridgehead atoms. The molecule has 8 nitrogen and oxygen atoms in total. The van der Waals surface area contributed by atoms with Crippen molar-refractivity contribution >= 4 is 27.5 Å². The second-order valence-corrected chi connectivity index (χ2v) is 14.4. The van der Waals surface area contributed by atoms with Gasteiger partial charge in [0.2, 0.25) is 0 Å². The Morgan fingerprint density at radius 2 is 1.76 bits per heavy atom. The van der Waals surface area contributed by atoms with Crippen LogP contribution in [0.4, 0.5) is 19.0 Å². The van der Waals surface area contributed by atoms with Crippen LogP contribution in [-0.4, -0.2) is 84.6 Å².